The molecular weight excluding hydrogens is 644 g/mol. The fourth-order valence-electron chi connectivity index (χ4n) is 5.11. The maximum absolute atomic E-state index is 7.50. The molecule has 0 aromatic heterocycles. The molecule has 0 saturated heterocycles. The summed E-state index contributed by atoms with van der Waals surface area (Å²) >= 11 is 0. The van der Waals surface area contributed by atoms with E-state index in [1.54, 1.807) is 5.30 Å². The van der Waals surface area contributed by atoms with Gasteiger partial charge in [0.15, 0.2) is 0 Å². The van der Waals surface area contributed by atoms with Crippen molar-refractivity contribution in [2.45, 2.75) is 0 Å². The van der Waals surface area contributed by atoms with Gasteiger partial charge in [-0.2, -0.15) is 0 Å². The first-order valence-corrected chi connectivity index (χ1v) is 19.2. The molecule has 0 aliphatic rings. The molecule has 5 aromatic rings. The van der Waals surface area contributed by atoms with E-state index in [0.717, 1.165) is 0 Å². The molecule has 0 amide bonds. The molecule has 7 heteroatoms. The fourth-order valence-corrected chi connectivity index (χ4v) is 15.2. The molecule has 3 nitrogen and oxygen atoms in total. The van der Waals surface area contributed by atoms with E-state index in [1.165, 1.54) is 45.9 Å². The smallest absolute Gasteiger partial charge is 0.0620 e. The van der Waals surface area contributed by atoms with Crippen LogP contribution in [0.25, 0.3) is 0 Å². The molecule has 0 heterocycles. The van der Waals surface area contributed by atoms with Crippen molar-refractivity contribution in [3.63, 3.8) is 0 Å². The zero-order chi connectivity index (χ0) is 31.1. The summed E-state index contributed by atoms with van der Waals surface area (Å²) in [6, 6.07) is 56.5. The predicted octanol–water partition coefficient (Wildman–Crippen LogP) is 6.14. The van der Waals surface area contributed by atoms with Crippen LogP contribution in [0.4, 0.5) is 0 Å². The Labute approximate surface area is 275 Å². The van der Waals surface area contributed by atoms with Crippen LogP contribution in [-0.4, -0.2) is 24.6 Å². The second-order valence-corrected chi connectivity index (χ2v) is 17.4. The quantitative estimate of drug-likeness (QED) is 0.0697. The van der Waals surface area contributed by atoms with E-state index in [-0.39, 0.29) is 16.5 Å². The van der Waals surface area contributed by atoms with Gasteiger partial charge in [-0.05, 0) is 60.7 Å². The molecule has 0 atom stereocenters. The van der Waals surface area contributed by atoms with E-state index in [1.807, 2.05) is 0 Å². The minimum atomic E-state index is -0.809. The summed E-state index contributed by atoms with van der Waals surface area (Å²) in [6.45, 7) is 13.5. The summed E-state index contributed by atoms with van der Waals surface area (Å²) < 4.78 is 22.5. The van der Waals surface area contributed by atoms with Gasteiger partial charge in [-0.1, -0.05) is 91.0 Å². The number of hydrogen-bond acceptors (Lipinski definition) is 0. The van der Waals surface area contributed by atoms with Crippen LogP contribution < -0.4 is 26.5 Å². The number of benzene rings is 5. The molecule has 44 heavy (non-hydrogen) atoms. The maximum Gasteiger partial charge on any atom is 0.100 e. The third kappa shape index (κ3) is 12.6. The van der Waals surface area contributed by atoms with E-state index in [4.69, 9.17) is 14.0 Å². The first kappa shape index (κ1) is 39.1. The second-order valence-electron chi connectivity index (χ2n) is 9.39. The summed E-state index contributed by atoms with van der Waals surface area (Å²) in [6.07, 6.45) is 5.23. The Bertz CT molecular complexity index is 1290. The van der Waals surface area contributed by atoms with Gasteiger partial charge in [0, 0.05) is 24.4 Å². The van der Waals surface area contributed by atoms with Crippen LogP contribution in [0.2, 0.25) is 0 Å². The first-order valence-electron chi connectivity index (χ1n) is 13.8. The Balaban J connectivity index is 0.00000130. The van der Waals surface area contributed by atoms with Gasteiger partial charge in [-0.25, -0.2) is 0 Å². The molecule has 0 spiro atoms. The van der Waals surface area contributed by atoms with Crippen LogP contribution in [0.3, 0.4) is 0 Å². The molecule has 5 rings (SSSR count). The summed E-state index contributed by atoms with van der Waals surface area (Å²) in [5, 5.41) is 7.73. The molecule has 0 unspecified atom stereocenters. The van der Waals surface area contributed by atoms with Gasteiger partial charge in [0.2, 0.25) is 0 Å². The van der Waals surface area contributed by atoms with Crippen LogP contribution in [0.5, 0.6) is 0 Å². The summed E-state index contributed by atoms with van der Waals surface area (Å²) in [4.78, 5) is 0. The van der Waals surface area contributed by atoms with Crippen LogP contribution in [0.1, 0.15) is 0 Å². The van der Waals surface area contributed by atoms with Gasteiger partial charge in [0.1, 0.15) is 12.3 Å². The van der Waals surface area contributed by atoms with Crippen molar-refractivity contribution in [1.82, 2.24) is 0 Å². The number of hydrogen-bond donors (Lipinski definition) is 0. The van der Waals surface area contributed by atoms with Gasteiger partial charge >= 0.3 is 33.9 Å². The monoisotopic (exact) mass is 679 g/mol. The molecular formula is C37H36NiO3P3+3. The van der Waals surface area contributed by atoms with E-state index in [2.05, 4.69) is 172 Å². The predicted molar refractivity (Wildman–Crippen MR) is 187 cm³/mol. The Kier molecular flexibility index (Phi) is 21.7. The van der Waals surface area contributed by atoms with Gasteiger partial charge in [0.05, 0.1) is 54.7 Å². The molecule has 0 fully saturated rings. The van der Waals surface area contributed by atoms with Crippen LogP contribution in [-0.2, 0) is 30.4 Å². The van der Waals surface area contributed by atoms with Gasteiger partial charge < -0.3 is 0 Å². The van der Waals surface area contributed by atoms with Crippen molar-refractivity contribution in [3.05, 3.63) is 172 Å². The Morgan fingerprint density at radius 2 is 0.523 bits per heavy atom. The zero-order valence-corrected chi connectivity index (χ0v) is 28.3. The molecule has 0 N–H and O–H groups in total. The van der Waals surface area contributed by atoms with Gasteiger partial charge in [-0.3, -0.25) is 0 Å². The van der Waals surface area contributed by atoms with Crippen molar-refractivity contribution < 1.29 is 30.4 Å². The van der Waals surface area contributed by atoms with Crippen LogP contribution >= 0.6 is 23.8 Å². The zero-order valence-electron chi connectivity index (χ0n) is 24.3. The van der Waals surface area contributed by atoms with Crippen molar-refractivity contribution in [3.8, 4) is 0 Å². The summed E-state index contributed by atoms with van der Waals surface area (Å²) in [5.41, 5.74) is 0. The van der Waals surface area contributed by atoms with Crippen molar-refractivity contribution in [2.24, 2.45) is 0 Å². The van der Waals surface area contributed by atoms with E-state index in [0.29, 0.717) is 0 Å². The second kappa shape index (κ2) is 24.4. The Hall–Kier alpha value is -2.90. The fraction of sp³-hybridized carbons (Fsp3) is 0.108. The van der Waals surface area contributed by atoms with E-state index in [9.17, 15) is 0 Å². The van der Waals surface area contributed by atoms with Gasteiger partial charge in [0.25, 0.3) is 0 Å². The average Bonchev–Trinajstić information content (AvgIpc) is 3.12. The van der Waals surface area contributed by atoms with E-state index < -0.39 is 23.8 Å². The normalized spacial score (nSPS) is 9.66. The molecule has 0 bridgehead atoms. The molecule has 0 radical (unpaired) electrons. The van der Waals surface area contributed by atoms with Gasteiger partial charge in [-0.15, -0.1) is 0 Å². The Morgan fingerprint density at radius 1 is 0.318 bits per heavy atom. The Morgan fingerprint density at radius 3 is 0.750 bits per heavy atom. The molecule has 224 valence electrons. The minimum absolute atomic E-state index is 0. The average molecular weight is 680 g/mol. The SMILES string of the molecule is [C-]#[O+].[C-]#[O+].[C-]#[O+].[Ni].c1ccc([PH+](CC[PH+](c2ccccc2)c2ccccc2)CC[PH+](c2ccccc2)c2ccccc2)cc1. The molecule has 5 aromatic carbocycles. The molecule has 0 aliphatic heterocycles. The largest absolute Gasteiger partial charge is 0.100 e. The van der Waals surface area contributed by atoms with Crippen LogP contribution in [0, 0.1) is 20.0 Å². The third-order valence-corrected chi connectivity index (χ3v) is 16.5. The number of rotatable bonds is 11. The minimum Gasteiger partial charge on any atom is -0.0620 e. The third-order valence-electron chi connectivity index (χ3n) is 7.02. The first-order chi connectivity index (χ1) is 21.4. The van der Waals surface area contributed by atoms with Crippen LogP contribution in [0.15, 0.2) is 152 Å². The standard InChI is InChI=1S/C34H33P3.3CO.Ni/c1-6-16-30(17-7-1)35(26-28-36(31-18-8-2-9-19-31)32-20-10-3-11-21-32)27-29-37(33-22-12-4-13-23-33)34-24-14-5-15-25-34;3*1-2;/h1-25H,26-29H2;;;;/p+3. The summed E-state index contributed by atoms with van der Waals surface area (Å²) in [5.74, 6) is 0. The summed E-state index contributed by atoms with van der Waals surface area (Å²) in [7, 11) is -2.31. The van der Waals surface area contributed by atoms with Crippen molar-refractivity contribution in [1.29, 1.82) is 0 Å². The molecule has 0 saturated carbocycles. The topological polar surface area (TPSA) is 59.7 Å². The van der Waals surface area contributed by atoms with Crippen molar-refractivity contribution in [2.75, 3.05) is 24.6 Å². The van der Waals surface area contributed by atoms with Crippen molar-refractivity contribution >= 4 is 50.3 Å². The molecule has 0 aliphatic carbocycles. The van der Waals surface area contributed by atoms with E-state index >= 15 is 0 Å². The maximum atomic E-state index is 7.50.